The van der Waals surface area contributed by atoms with Crippen LogP contribution in [0.1, 0.15) is 269 Å². The Morgan fingerprint density at radius 3 is 1.10 bits per heavy atom. The maximum absolute atomic E-state index is 15.0. The van der Waals surface area contributed by atoms with Gasteiger partial charge in [-0.25, -0.2) is 9.59 Å². The lowest BCUT2D eigenvalue weighted by Gasteiger charge is -2.36. The molecule has 0 atom stereocenters. The van der Waals surface area contributed by atoms with Gasteiger partial charge in [-0.2, -0.15) is 0 Å². The van der Waals surface area contributed by atoms with Crippen LogP contribution in [0, 0.1) is 47.4 Å². The normalized spacial score (nSPS) is 12.6. The van der Waals surface area contributed by atoms with Gasteiger partial charge in [0.1, 0.15) is 28.6 Å². The van der Waals surface area contributed by atoms with Gasteiger partial charge in [0.15, 0.2) is 24.1 Å². The average molecular weight is 1710 g/mol. The molecule has 2 saturated heterocycles. The summed E-state index contributed by atoms with van der Waals surface area (Å²) in [6.45, 7) is 7.41. The highest BCUT2D eigenvalue weighted by molar-refractivity contribution is 6.01. The second kappa shape index (κ2) is 50.4. The van der Waals surface area contributed by atoms with Crippen molar-refractivity contribution in [1.29, 1.82) is 0 Å². The third kappa shape index (κ3) is 27.6. The smallest absolute Gasteiger partial charge is 0.343 e. The molecule has 0 bridgehead atoms. The number of carbonyl (C=O) groups is 4. The van der Waals surface area contributed by atoms with Crippen LogP contribution in [0.3, 0.4) is 0 Å². The zero-order valence-corrected chi connectivity index (χ0v) is 73.3. The third-order valence-electron chi connectivity index (χ3n) is 21.8. The number of unbranched alkanes of at least 4 members (excludes halogenated alkanes) is 14. The van der Waals surface area contributed by atoms with E-state index in [-0.39, 0.29) is 54.5 Å². The van der Waals surface area contributed by atoms with Crippen LogP contribution in [-0.2, 0) is 29.3 Å². The number of amides is 2. The van der Waals surface area contributed by atoms with E-state index in [0.717, 1.165) is 66.3 Å². The van der Waals surface area contributed by atoms with Crippen LogP contribution in [0.25, 0.3) is 0 Å². The minimum absolute atomic E-state index is 0.00298. The average Bonchev–Trinajstić information content (AvgIpc) is 0.758. The number of ether oxygens (including phenoxy) is 11. The van der Waals surface area contributed by atoms with Gasteiger partial charge in [-0.1, -0.05) is 242 Å². The maximum atomic E-state index is 15.0. The fraction of sp³-hybridized carbons (Fsp3) is 0.339. The number of aliphatic hydroxyl groups excluding tert-OH is 1. The largest absolute Gasteiger partial charge is 0.497 e. The molecule has 0 aliphatic carbocycles. The summed E-state index contributed by atoms with van der Waals surface area (Å²) in [6.07, 6.45) is 18.4. The van der Waals surface area contributed by atoms with Crippen molar-refractivity contribution in [3.8, 4) is 81.9 Å². The molecule has 0 unspecified atom stereocenters. The van der Waals surface area contributed by atoms with E-state index in [0.29, 0.717) is 138 Å². The minimum Gasteiger partial charge on any atom is -0.497 e. The molecule has 656 valence electrons. The lowest BCUT2D eigenvalue weighted by molar-refractivity contribution is -0.183. The Bertz CT molecular complexity index is 5380. The molecule has 3 N–H and O–H groups in total. The summed E-state index contributed by atoms with van der Waals surface area (Å²) >= 11 is 0. The Morgan fingerprint density at radius 2 is 0.724 bits per heavy atom. The molecule has 18 heteroatoms. The highest BCUT2D eigenvalue weighted by Crippen LogP contribution is 2.43. The van der Waals surface area contributed by atoms with Crippen LogP contribution in [0.15, 0.2) is 224 Å². The molecule has 0 spiro atoms. The number of carbonyl (C=O) groups excluding carboxylic acids is 4. The van der Waals surface area contributed by atoms with Gasteiger partial charge in [0.25, 0.3) is 11.8 Å². The first-order chi connectivity index (χ1) is 62.4. The zero-order valence-electron chi connectivity index (χ0n) is 73.3. The van der Waals surface area contributed by atoms with Crippen LogP contribution in [-0.4, -0.2) is 109 Å². The van der Waals surface area contributed by atoms with Gasteiger partial charge in [-0.3, -0.25) is 9.59 Å². The van der Waals surface area contributed by atoms with E-state index in [1.807, 2.05) is 146 Å². The van der Waals surface area contributed by atoms with Gasteiger partial charge >= 0.3 is 11.9 Å². The minimum atomic E-state index is -1.08. The molecular formula is C109H114N2O16. The highest BCUT2D eigenvalue weighted by Gasteiger charge is 2.38. The lowest BCUT2D eigenvalue weighted by atomic mass is 9.80. The number of hydrogen-bond acceptors (Lipinski definition) is 16. The Balaban J connectivity index is 0.822. The van der Waals surface area contributed by atoms with Crippen molar-refractivity contribution in [1.82, 2.24) is 10.6 Å². The Labute approximate surface area is 748 Å². The zero-order chi connectivity index (χ0) is 88.5. The van der Waals surface area contributed by atoms with E-state index in [1.165, 1.54) is 64.2 Å². The summed E-state index contributed by atoms with van der Waals surface area (Å²) in [5.41, 5.74) is 7.94. The topological polar surface area (TPSA) is 214 Å². The molecule has 2 fully saturated rings. The van der Waals surface area contributed by atoms with E-state index >= 15 is 0 Å². The van der Waals surface area contributed by atoms with Crippen molar-refractivity contribution >= 4 is 23.8 Å². The second-order valence-corrected chi connectivity index (χ2v) is 31.2. The molecule has 2 aliphatic heterocycles. The fourth-order valence-corrected chi connectivity index (χ4v) is 14.9. The van der Waals surface area contributed by atoms with E-state index in [2.05, 4.69) is 71.8 Å². The number of nitrogens with one attached hydrogen (secondary N) is 2. The van der Waals surface area contributed by atoms with Crippen LogP contribution in [0.4, 0.5) is 0 Å². The Morgan fingerprint density at radius 1 is 0.378 bits per heavy atom. The van der Waals surface area contributed by atoms with E-state index in [4.69, 9.17) is 52.1 Å². The molecule has 10 aromatic carbocycles. The molecule has 127 heavy (non-hydrogen) atoms. The van der Waals surface area contributed by atoms with Crippen molar-refractivity contribution < 1.29 is 76.4 Å². The van der Waals surface area contributed by atoms with E-state index < -0.39 is 41.9 Å². The molecule has 2 amide bonds. The molecule has 12 rings (SSSR count). The van der Waals surface area contributed by atoms with Crippen molar-refractivity contribution in [3.63, 3.8) is 0 Å². The fourth-order valence-electron chi connectivity index (χ4n) is 14.9. The van der Waals surface area contributed by atoms with Crippen LogP contribution in [0.2, 0.25) is 0 Å². The first kappa shape index (κ1) is 93.4. The summed E-state index contributed by atoms with van der Waals surface area (Å²) < 4.78 is 68.5. The van der Waals surface area contributed by atoms with E-state index in [1.54, 1.807) is 93.1 Å². The number of rotatable bonds is 41. The van der Waals surface area contributed by atoms with Gasteiger partial charge in [-0.15, -0.1) is 0 Å². The third-order valence-corrected chi connectivity index (χ3v) is 21.8. The number of methoxy groups -OCH3 is 2. The number of hydrogen-bond donors (Lipinski definition) is 3. The second-order valence-electron chi connectivity index (χ2n) is 31.2. The molecule has 2 heterocycles. The highest BCUT2D eigenvalue weighted by atomic mass is 16.7. The lowest BCUT2D eigenvalue weighted by Crippen LogP contribution is -2.34. The Hall–Kier alpha value is -12.7. The molecule has 0 saturated carbocycles. The first-order valence-electron chi connectivity index (χ1n) is 44.7. The monoisotopic (exact) mass is 1710 g/mol. The van der Waals surface area contributed by atoms with Crippen LogP contribution in [0.5, 0.6) is 34.5 Å². The van der Waals surface area contributed by atoms with Crippen molar-refractivity contribution in [2.75, 3.05) is 80.2 Å². The summed E-state index contributed by atoms with van der Waals surface area (Å²) in [4.78, 5) is 56.7. The molecule has 18 nitrogen and oxygen atoms in total. The quantitative estimate of drug-likeness (QED) is 0.0107. The molecule has 0 radical (unpaired) electrons. The predicted octanol–water partition coefficient (Wildman–Crippen LogP) is 20.9. The SMILES string of the molecule is CCCCCCCCCCOc1cc(C#Cc2ccc(C#Cc3cc(C(=O)NCCCOC(c4ccccc4)(c4ccc(OC)cc4)c4ccc(OC)cc4)c(OC(=O)c4ccccc4)c(C4OCCCO4)c3)cc2)c(OCCCCCCCCCC)cc1C#Cc1ccc(C#Cc2cc(C(=O)NCCCO)c(OC(=O)c3ccccc3)c(C3OCCCO3)c2)cc1. The van der Waals surface area contributed by atoms with Gasteiger partial charge in [0.2, 0.25) is 0 Å². The van der Waals surface area contributed by atoms with Crippen LogP contribution < -0.4 is 39.1 Å². The summed E-state index contributed by atoms with van der Waals surface area (Å²) in [5.74, 6) is 27.0. The predicted molar refractivity (Wildman–Crippen MR) is 493 cm³/mol. The van der Waals surface area contributed by atoms with E-state index in [9.17, 15) is 24.3 Å². The summed E-state index contributed by atoms with van der Waals surface area (Å²) in [5, 5.41) is 15.5. The van der Waals surface area contributed by atoms with Crippen molar-refractivity contribution in [3.05, 3.63) is 319 Å². The molecule has 0 aromatic heterocycles. The van der Waals surface area contributed by atoms with Crippen molar-refractivity contribution in [2.24, 2.45) is 0 Å². The Kier molecular flexibility index (Phi) is 37.1. The van der Waals surface area contributed by atoms with Gasteiger partial charge in [0.05, 0.1) is 105 Å². The standard InChI is InChI=1S/C109H114N2O16/c1-5-7-9-11-13-15-17-28-67-119-99-79-89(100(120-68-29-18-16-14-12-10-8-6-2)78-88(99)54-52-82-44-40-80(41-45-82)48-50-84-74-95(103(113)110-64-30-66-112)101(97(76-84)107-121-69-32-70-122-107)126-105(115)86-34-22-19-23-35-86)55-53-83-46-42-81(43-47-83)49-51-85-75-96(102(98(77-85)108-123-71-33-72-124-108)127-106(116)87-36-24-20-25-37-87)104(114)111-65-31-73-125-109(90-38-26-21-27-39-90,91-56-60-93(117-3)61-57-91)92-58-62-94(118-4)63-59-92/h19-27,34-47,56-63,74-79,107-108,112H,5-18,28-33,64-73H2,1-4H3,(H,110,113)(H,111,114). The van der Waals surface area contributed by atoms with Gasteiger partial charge in [0, 0.05) is 65.2 Å². The molecule has 2 aliphatic rings. The number of benzene rings is 10. The van der Waals surface area contributed by atoms with Crippen LogP contribution >= 0.6 is 0 Å². The molecular weight excluding hydrogens is 1590 g/mol. The van der Waals surface area contributed by atoms with Crippen molar-refractivity contribution in [2.45, 2.75) is 160 Å². The van der Waals surface area contributed by atoms with Gasteiger partial charge in [-0.05, 0) is 177 Å². The molecule has 10 aromatic rings. The van der Waals surface area contributed by atoms with Gasteiger partial charge < -0.3 is 67.8 Å². The summed E-state index contributed by atoms with van der Waals surface area (Å²) in [7, 11) is 3.27. The number of aliphatic hydroxyl groups is 1. The first-order valence-corrected chi connectivity index (χ1v) is 44.7. The maximum Gasteiger partial charge on any atom is 0.343 e. The number of esters is 2. The summed E-state index contributed by atoms with van der Waals surface area (Å²) in [6, 6.07) is 68.6.